The Labute approximate surface area is 168 Å². The van der Waals surface area contributed by atoms with Gasteiger partial charge in [-0.1, -0.05) is 24.3 Å². The summed E-state index contributed by atoms with van der Waals surface area (Å²) >= 11 is 0. The van der Waals surface area contributed by atoms with Crippen molar-refractivity contribution in [2.24, 2.45) is 5.73 Å². The Morgan fingerprint density at radius 3 is 2.97 bits per heavy atom. The molecule has 8 heteroatoms. The molecule has 1 aromatic carbocycles. The fourth-order valence-electron chi connectivity index (χ4n) is 2.98. The van der Waals surface area contributed by atoms with E-state index in [-0.39, 0.29) is 12.3 Å². The highest BCUT2D eigenvalue weighted by Crippen LogP contribution is 2.20. The maximum Gasteiger partial charge on any atom is 0.320 e. The van der Waals surface area contributed by atoms with Gasteiger partial charge in [0.15, 0.2) is 5.82 Å². The first kappa shape index (κ1) is 20.2. The van der Waals surface area contributed by atoms with Crippen molar-refractivity contribution in [2.75, 3.05) is 6.54 Å². The lowest BCUT2D eigenvalue weighted by molar-refractivity contribution is -0.138. The number of nitrogens with two attached hydrogens (primary N) is 1. The van der Waals surface area contributed by atoms with Gasteiger partial charge < -0.3 is 21.5 Å². The second-order valence-corrected chi connectivity index (χ2v) is 6.65. The first-order valence-electron chi connectivity index (χ1n) is 9.29. The summed E-state index contributed by atoms with van der Waals surface area (Å²) in [5.74, 6) is -0.637. The van der Waals surface area contributed by atoms with Crippen LogP contribution in [0.4, 0.5) is 0 Å². The number of hydrogen-bond acceptors (Lipinski definition) is 6. The maximum atomic E-state index is 11.6. The molecule has 0 saturated heterocycles. The molecule has 8 nitrogen and oxygen atoms in total. The van der Waals surface area contributed by atoms with Gasteiger partial charge in [-0.2, -0.15) is 0 Å². The fraction of sp³-hybridized carbons (Fsp3) is 0.238. The minimum atomic E-state index is -1.04. The highest BCUT2D eigenvalue weighted by Gasteiger charge is 2.14. The third kappa shape index (κ3) is 5.26. The zero-order valence-corrected chi connectivity index (χ0v) is 16.1. The molecule has 29 heavy (non-hydrogen) atoms. The van der Waals surface area contributed by atoms with Crippen LogP contribution >= 0.6 is 0 Å². The average molecular weight is 393 g/mol. The summed E-state index contributed by atoms with van der Waals surface area (Å²) in [6.45, 7) is 2.48. The van der Waals surface area contributed by atoms with Crippen LogP contribution in [0, 0.1) is 0 Å². The smallest absolute Gasteiger partial charge is 0.320 e. The molecule has 3 rings (SSSR count). The van der Waals surface area contributed by atoms with E-state index in [4.69, 9.17) is 10.8 Å². The number of rotatable bonds is 7. The van der Waals surface area contributed by atoms with Crippen LogP contribution in [0.15, 0.2) is 54.4 Å². The van der Waals surface area contributed by atoms with Crippen molar-refractivity contribution in [1.29, 1.82) is 0 Å². The molecule has 0 aliphatic carbocycles. The molecule has 0 radical (unpaired) electrons. The van der Waals surface area contributed by atoms with Crippen molar-refractivity contribution in [3.63, 3.8) is 0 Å². The van der Waals surface area contributed by atoms with Gasteiger partial charge in [0.25, 0.3) is 0 Å². The molecule has 1 aromatic heterocycles. The zero-order valence-electron chi connectivity index (χ0n) is 16.1. The normalized spacial score (nSPS) is 15.3. The van der Waals surface area contributed by atoms with E-state index in [1.807, 2.05) is 37.3 Å². The zero-order chi connectivity index (χ0) is 20.8. The number of amides is 1. The van der Waals surface area contributed by atoms with Crippen LogP contribution < -0.4 is 16.4 Å². The summed E-state index contributed by atoms with van der Waals surface area (Å²) < 4.78 is 0. The summed E-state index contributed by atoms with van der Waals surface area (Å²) in [6, 6.07) is 8.20. The standard InChI is InChI=1S/C21H23N5O3/c1-2-17(25-15-6-8-23-19(27)12-15)18-7-9-24-20(26-18)14-5-3-4-13(10-14)11-16(22)21(28)29/h2-5,7,9-10,12,16,25H,6,8,11,22H2,1H3,(H,23,27)(H,28,29)/b17-2-. The monoisotopic (exact) mass is 393 g/mol. The summed E-state index contributed by atoms with van der Waals surface area (Å²) in [6.07, 6.45) is 6.04. The molecule has 1 atom stereocenters. The summed E-state index contributed by atoms with van der Waals surface area (Å²) in [5, 5.41) is 15.0. The molecule has 1 aliphatic rings. The fourth-order valence-corrected chi connectivity index (χ4v) is 2.98. The molecule has 5 N–H and O–H groups in total. The van der Waals surface area contributed by atoms with Gasteiger partial charge in [-0.15, -0.1) is 0 Å². The molecule has 1 unspecified atom stereocenters. The second kappa shape index (κ2) is 9.11. The first-order chi connectivity index (χ1) is 14.0. The van der Waals surface area contributed by atoms with E-state index in [2.05, 4.69) is 20.6 Å². The average Bonchev–Trinajstić information content (AvgIpc) is 2.72. The Balaban J connectivity index is 1.83. The molecule has 0 bridgehead atoms. The van der Waals surface area contributed by atoms with Gasteiger partial charge in [0.05, 0.1) is 11.4 Å². The Hall–Kier alpha value is -3.52. The van der Waals surface area contributed by atoms with Crippen LogP contribution in [-0.2, 0) is 16.0 Å². The third-order valence-corrected chi connectivity index (χ3v) is 4.47. The van der Waals surface area contributed by atoms with E-state index in [1.54, 1.807) is 18.3 Å². The number of nitrogens with one attached hydrogen (secondary N) is 2. The quantitative estimate of drug-likeness (QED) is 0.560. The van der Waals surface area contributed by atoms with E-state index >= 15 is 0 Å². The highest BCUT2D eigenvalue weighted by molar-refractivity contribution is 5.89. The maximum absolute atomic E-state index is 11.6. The Bertz CT molecular complexity index is 984. The van der Waals surface area contributed by atoms with Gasteiger partial charge in [0.2, 0.25) is 5.91 Å². The van der Waals surface area contributed by atoms with Crippen LogP contribution in [0.2, 0.25) is 0 Å². The summed E-state index contributed by atoms with van der Waals surface area (Å²) in [7, 11) is 0. The third-order valence-electron chi connectivity index (χ3n) is 4.47. The molecule has 0 saturated carbocycles. The van der Waals surface area contributed by atoms with Gasteiger partial charge in [0.1, 0.15) is 6.04 Å². The summed E-state index contributed by atoms with van der Waals surface area (Å²) in [5.41, 5.74) is 9.50. The largest absolute Gasteiger partial charge is 0.480 e. The lowest BCUT2D eigenvalue weighted by Crippen LogP contribution is -2.32. The minimum Gasteiger partial charge on any atom is -0.480 e. The molecular formula is C21H23N5O3. The number of aromatic nitrogens is 2. The summed E-state index contributed by atoms with van der Waals surface area (Å²) in [4.78, 5) is 31.5. The lowest BCUT2D eigenvalue weighted by atomic mass is 10.0. The minimum absolute atomic E-state index is 0.117. The number of nitrogens with zero attached hydrogens (tertiary/aromatic N) is 2. The highest BCUT2D eigenvalue weighted by atomic mass is 16.4. The van der Waals surface area contributed by atoms with Gasteiger partial charge in [-0.05, 0) is 31.0 Å². The Kier molecular flexibility index (Phi) is 6.36. The van der Waals surface area contributed by atoms with E-state index < -0.39 is 12.0 Å². The number of hydrogen-bond donors (Lipinski definition) is 4. The second-order valence-electron chi connectivity index (χ2n) is 6.65. The van der Waals surface area contributed by atoms with Gasteiger partial charge in [-0.3, -0.25) is 9.59 Å². The van der Waals surface area contributed by atoms with Crippen molar-refractivity contribution in [2.45, 2.75) is 25.8 Å². The topological polar surface area (TPSA) is 130 Å². The first-order valence-corrected chi connectivity index (χ1v) is 9.29. The van der Waals surface area contributed by atoms with Crippen molar-refractivity contribution >= 4 is 17.6 Å². The molecule has 1 aliphatic heterocycles. The van der Waals surface area contributed by atoms with E-state index in [0.29, 0.717) is 24.5 Å². The number of carbonyl (C=O) groups is 2. The van der Waals surface area contributed by atoms with Crippen LogP contribution in [0.1, 0.15) is 24.6 Å². The van der Waals surface area contributed by atoms with Crippen molar-refractivity contribution < 1.29 is 14.7 Å². The van der Waals surface area contributed by atoms with Crippen LogP contribution in [0.25, 0.3) is 17.1 Å². The predicted octanol–water partition coefficient (Wildman–Crippen LogP) is 1.45. The van der Waals surface area contributed by atoms with Crippen LogP contribution in [-0.4, -0.2) is 39.5 Å². The van der Waals surface area contributed by atoms with E-state index in [1.165, 1.54) is 0 Å². The molecule has 1 amide bonds. The van der Waals surface area contributed by atoms with Gasteiger partial charge in [0, 0.05) is 36.5 Å². The van der Waals surface area contributed by atoms with Gasteiger partial charge >= 0.3 is 5.97 Å². The van der Waals surface area contributed by atoms with Crippen molar-refractivity contribution in [1.82, 2.24) is 20.6 Å². The van der Waals surface area contributed by atoms with E-state index in [9.17, 15) is 9.59 Å². The van der Waals surface area contributed by atoms with Crippen molar-refractivity contribution in [3.8, 4) is 11.4 Å². The molecule has 2 aromatic rings. The number of benzene rings is 1. The molecule has 0 fully saturated rings. The molecule has 0 spiro atoms. The van der Waals surface area contributed by atoms with Crippen molar-refractivity contribution in [3.05, 3.63) is 65.6 Å². The molecule has 150 valence electrons. The van der Waals surface area contributed by atoms with Crippen LogP contribution in [0.3, 0.4) is 0 Å². The number of carboxylic acids is 1. The van der Waals surface area contributed by atoms with E-state index in [0.717, 1.165) is 22.5 Å². The van der Waals surface area contributed by atoms with Crippen LogP contribution in [0.5, 0.6) is 0 Å². The van der Waals surface area contributed by atoms with Gasteiger partial charge in [-0.25, -0.2) is 9.97 Å². The molecular weight excluding hydrogens is 370 g/mol. The predicted molar refractivity (Wildman–Crippen MR) is 109 cm³/mol. The number of allylic oxidation sites excluding steroid dienone is 1. The SMILES string of the molecule is C/C=C(\NC1=CC(=O)NCC1)c1ccnc(-c2cccc(CC(N)C(=O)O)c2)n1. The number of carbonyl (C=O) groups excluding carboxylic acids is 1. The number of carboxylic acid groups (broad SMARTS) is 1. The Morgan fingerprint density at radius 1 is 1.41 bits per heavy atom. The molecule has 2 heterocycles. The number of aliphatic carboxylic acids is 1. The Morgan fingerprint density at radius 2 is 2.24 bits per heavy atom. The lowest BCUT2D eigenvalue weighted by Gasteiger charge is -2.17.